The van der Waals surface area contributed by atoms with Crippen molar-refractivity contribution in [3.05, 3.63) is 54.1 Å². The predicted molar refractivity (Wildman–Crippen MR) is 102 cm³/mol. The normalized spacial score (nSPS) is 12.6. The number of rotatable bonds is 8. The minimum Gasteiger partial charge on any atom is -0.508 e. The Labute approximate surface area is 176 Å². The van der Waals surface area contributed by atoms with E-state index in [4.69, 9.17) is 5.26 Å². The van der Waals surface area contributed by atoms with Gasteiger partial charge in [-0.15, -0.1) is 13.2 Å². The van der Waals surface area contributed by atoms with Crippen LogP contribution in [-0.4, -0.2) is 43.3 Å². The molecule has 0 fully saturated rings. The average Bonchev–Trinajstić information content (AvgIpc) is 2.69. The van der Waals surface area contributed by atoms with E-state index in [1.807, 2.05) is 0 Å². The number of amides is 1. The van der Waals surface area contributed by atoms with Crippen molar-refractivity contribution in [3.63, 3.8) is 0 Å². The molecule has 8 nitrogen and oxygen atoms in total. The Balaban J connectivity index is 2.30. The number of alkyl halides is 3. The number of aromatic hydroxyl groups is 1. The molecule has 1 unspecified atom stereocenters. The third-order valence-corrected chi connectivity index (χ3v) is 5.53. The molecule has 0 radical (unpaired) electrons. The van der Waals surface area contributed by atoms with E-state index in [0.717, 1.165) is 29.2 Å². The first-order valence-electron chi connectivity index (χ1n) is 8.82. The minimum atomic E-state index is -4.93. The summed E-state index contributed by atoms with van der Waals surface area (Å²) in [5, 5.41) is 18.5. The van der Waals surface area contributed by atoms with Gasteiger partial charge in [0.05, 0.1) is 4.90 Å². The molecule has 0 spiro atoms. The van der Waals surface area contributed by atoms with Gasteiger partial charge in [-0.25, -0.2) is 13.3 Å². The number of nitriles is 1. The van der Waals surface area contributed by atoms with Crippen molar-refractivity contribution in [1.82, 2.24) is 9.62 Å². The number of benzene rings is 2. The topological polar surface area (TPSA) is 120 Å². The third kappa shape index (κ3) is 6.87. The van der Waals surface area contributed by atoms with E-state index in [1.54, 1.807) is 6.19 Å². The van der Waals surface area contributed by atoms with Crippen LogP contribution in [0.25, 0.3) is 0 Å². The molecular weight excluding hydrogens is 439 g/mol. The number of sulfonamides is 1. The Hall–Kier alpha value is -3.30. The fraction of sp³-hybridized carbons (Fsp3) is 0.263. The van der Waals surface area contributed by atoms with Crippen LogP contribution in [0.2, 0.25) is 0 Å². The maximum atomic E-state index is 12.7. The van der Waals surface area contributed by atoms with Crippen LogP contribution >= 0.6 is 0 Å². The number of hydrogen-bond acceptors (Lipinski definition) is 6. The lowest BCUT2D eigenvalue weighted by Gasteiger charge is -2.22. The molecule has 31 heavy (non-hydrogen) atoms. The van der Waals surface area contributed by atoms with Gasteiger partial charge in [0.15, 0.2) is 6.19 Å². The van der Waals surface area contributed by atoms with E-state index in [0.29, 0.717) is 5.56 Å². The molecule has 12 heteroatoms. The van der Waals surface area contributed by atoms with Crippen LogP contribution in [0.5, 0.6) is 11.5 Å². The maximum absolute atomic E-state index is 12.7. The summed E-state index contributed by atoms with van der Waals surface area (Å²) >= 11 is 0. The number of halogens is 3. The zero-order chi connectivity index (χ0) is 23.2. The number of nitrogens with zero attached hydrogens (tertiary/aromatic N) is 2. The summed E-state index contributed by atoms with van der Waals surface area (Å²) < 4.78 is 68.2. The van der Waals surface area contributed by atoms with E-state index in [1.165, 1.54) is 31.2 Å². The number of hydrogen-bond donors (Lipinski definition) is 2. The highest BCUT2D eigenvalue weighted by Gasteiger charge is 2.32. The van der Waals surface area contributed by atoms with Crippen molar-refractivity contribution in [2.24, 2.45) is 0 Å². The molecule has 0 aromatic heterocycles. The van der Waals surface area contributed by atoms with Gasteiger partial charge in [-0.3, -0.25) is 4.79 Å². The summed E-state index contributed by atoms with van der Waals surface area (Å²) in [4.78, 5) is 13.1. The Kier molecular flexibility index (Phi) is 7.48. The van der Waals surface area contributed by atoms with Crippen molar-refractivity contribution in [1.29, 1.82) is 5.26 Å². The first kappa shape index (κ1) is 24.0. The number of phenolic OH excluding ortho intramolecular Hbond substituents is 1. The molecule has 1 amide bonds. The monoisotopic (exact) mass is 457 g/mol. The summed E-state index contributed by atoms with van der Waals surface area (Å²) in [5.74, 6) is -1.44. The van der Waals surface area contributed by atoms with Crippen LogP contribution in [0.1, 0.15) is 12.5 Å². The first-order chi connectivity index (χ1) is 14.4. The largest absolute Gasteiger partial charge is 0.573 e. The summed E-state index contributed by atoms with van der Waals surface area (Å²) in [5.41, 5.74) is 0.502. The lowest BCUT2D eigenvalue weighted by Crippen LogP contribution is -2.48. The molecule has 0 aliphatic rings. The van der Waals surface area contributed by atoms with Crippen molar-refractivity contribution in [3.8, 4) is 17.7 Å². The van der Waals surface area contributed by atoms with E-state index >= 15 is 0 Å². The zero-order valence-electron chi connectivity index (χ0n) is 16.1. The lowest BCUT2D eigenvalue weighted by molar-refractivity contribution is -0.274. The van der Waals surface area contributed by atoms with Crippen LogP contribution < -0.4 is 9.46 Å². The van der Waals surface area contributed by atoms with Gasteiger partial charge in [-0.05, 0) is 55.3 Å². The average molecular weight is 457 g/mol. The number of likely N-dealkylation sites (N-methyl/N-ethyl adjacent to an activating group) is 1. The number of nitrogens with one attached hydrogen (secondary N) is 1. The maximum Gasteiger partial charge on any atom is 0.573 e. The van der Waals surface area contributed by atoms with E-state index < -0.39 is 39.0 Å². The summed E-state index contributed by atoms with van der Waals surface area (Å²) in [6.07, 6.45) is -3.40. The fourth-order valence-corrected chi connectivity index (χ4v) is 3.78. The van der Waals surface area contributed by atoms with Gasteiger partial charge < -0.3 is 9.84 Å². The minimum absolute atomic E-state index is 0.00656. The highest BCUT2D eigenvalue weighted by atomic mass is 32.2. The molecule has 2 N–H and O–H groups in total. The molecule has 1 atom stereocenters. The molecule has 2 aromatic carbocycles. The summed E-state index contributed by atoms with van der Waals surface area (Å²) in [7, 11) is -4.34. The Morgan fingerprint density at radius 2 is 1.77 bits per heavy atom. The molecule has 0 heterocycles. The van der Waals surface area contributed by atoms with Gasteiger partial charge in [0.1, 0.15) is 17.5 Å². The third-order valence-electron chi connectivity index (χ3n) is 4.04. The second kappa shape index (κ2) is 9.67. The number of carbonyl (C=O) groups is 1. The van der Waals surface area contributed by atoms with E-state index in [9.17, 15) is 31.5 Å². The molecule has 0 saturated heterocycles. The van der Waals surface area contributed by atoms with E-state index in [-0.39, 0.29) is 18.7 Å². The van der Waals surface area contributed by atoms with Gasteiger partial charge in [0.25, 0.3) is 5.91 Å². The molecule has 0 bridgehead atoms. The predicted octanol–water partition coefficient (Wildman–Crippen LogP) is 2.51. The Morgan fingerprint density at radius 1 is 1.19 bits per heavy atom. The second-order valence-corrected chi connectivity index (χ2v) is 7.96. The van der Waals surface area contributed by atoms with Crippen LogP contribution in [0, 0.1) is 11.5 Å². The number of phenols is 1. The summed E-state index contributed by atoms with van der Waals surface area (Å²) in [6.45, 7) is 1.54. The van der Waals surface area contributed by atoms with E-state index in [2.05, 4.69) is 9.46 Å². The SMILES string of the molecule is CCN(C#N)C(=O)C(Cc1ccc(O)cc1)NS(=O)(=O)c1ccc(OC(F)(F)F)cc1. The van der Waals surface area contributed by atoms with Crippen molar-refractivity contribution in [2.75, 3.05) is 6.54 Å². The van der Waals surface area contributed by atoms with Crippen molar-refractivity contribution >= 4 is 15.9 Å². The lowest BCUT2D eigenvalue weighted by atomic mass is 10.1. The fourth-order valence-electron chi connectivity index (χ4n) is 2.59. The van der Waals surface area contributed by atoms with Gasteiger partial charge in [0, 0.05) is 6.54 Å². The van der Waals surface area contributed by atoms with Crippen LogP contribution in [0.15, 0.2) is 53.4 Å². The van der Waals surface area contributed by atoms with Crippen molar-refractivity contribution in [2.45, 2.75) is 30.6 Å². The van der Waals surface area contributed by atoms with Gasteiger partial charge in [-0.2, -0.15) is 9.98 Å². The second-order valence-electron chi connectivity index (χ2n) is 6.25. The van der Waals surface area contributed by atoms with Gasteiger partial charge >= 0.3 is 6.36 Å². The molecule has 166 valence electrons. The zero-order valence-corrected chi connectivity index (χ0v) is 16.9. The molecule has 0 aliphatic carbocycles. The smallest absolute Gasteiger partial charge is 0.508 e. The standard InChI is InChI=1S/C19H18F3N3O5S/c1-2-25(12-23)18(27)17(11-13-3-5-14(26)6-4-13)24-31(28,29)16-9-7-15(8-10-16)30-19(20,21)22/h3-10,17,24,26H,2,11H2,1H3. The van der Waals surface area contributed by atoms with Crippen LogP contribution in [0.3, 0.4) is 0 Å². The van der Waals surface area contributed by atoms with Crippen molar-refractivity contribution < 1.29 is 36.2 Å². The molecule has 0 aliphatic heterocycles. The molecule has 0 saturated carbocycles. The summed E-state index contributed by atoms with van der Waals surface area (Å²) in [6, 6.07) is 7.74. The Bertz CT molecular complexity index is 1050. The number of carbonyl (C=O) groups excluding carboxylic acids is 1. The van der Waals surface area contributed by atoms with Crippen LogP contribution in [-0.2, 0) is 21.2 Å². The highest BCUT2D eigenvalue weighted by molar-refractivity contribution is 7.89. The van der Waals surface area contributed by atoms with Gasteiger partial charge in [0.2, 0.25) is 10.0 Å². The molecule has 2 rings (SSSR count). The molecular formula is C19H18F3N3O5S. The Morgan fingerprint density at radius 3 is 2.26 bits per heavy atom. The quantitative estimate of drug-likeness (QED) is 0.464. The van der Waals surface area contributed by atoms with Crippen LogP contribution in [0.4, 0.5) is 13.2 Å². The molecule has 2 aromatic rings. The highest BCUT2D eigenvalue weighted by Crippen LogP contribution is 2.24. The first-order valence-corrected chi connectivity index (χ1v) is 10.3. The number of ether oxygens (including phenoxy) is 1. The van der Waals surface area contributed by atoms with Gasteiger partial charge in [-0.1, -0.05) is 12.1 Å².